The Morgan fingerprint density at radius 1 is 0.970 bits per heavy atom. The van der Waals surface area contributed by atoms with Gasteiger partial charge in [-0.25, -0.2) is 0 Å². The summed E-state index contributed by atoms with van der Waals surface area (Å²) < 4.78 is 2.21. The van der Waals surface area contributed by atoms with Crippen molar-refractivity contribution in [3.63, 3.8) is 0 Å². The summed E-state index contributed by atoms with van der Waals surface area (Å²) in [6.45, 7) is 3.49. The van der Waals surface area contributed by atoms with Crippen molar-refractivity contribution in [2.45, 2.75) is 58.0 Å². The van der Waals surface area contributed by atoms with Crippen LogP contribution in [0.1, 0.15) is 53.8 Å². The van der Waals surface area contributed by atoms with E-state index in [0.29, 0.717) is 18.5 Å². The van der Waals surface area contributed by atoms with Crippen molar-refractivity contribution in [3.8, 4) is 11.4 Å². The number of amides is 2. The van der Waals surface area contributed by atoms with Gasteiger partial charge in [0.2, 0.25) is 5.91 Å². The number of hydrogen-bond acceptors (Lipinski definition) is 4. The molecule has 0 bridgehead atoms. The molecule has 33 heavy (non-hydrogen) atoms. The first-order chi connectivity index (χ1) is 16.1. The van der Waals surface area contributed by atoms with E-state index in [4.69, 9.17) is 0 Å². The standard InChI is InChI=1S/C26H29N5O2/c1-18-13-14-20(24-29-28-23-12-6-3-7-15-31(23)24)17-21(18)27-25(32)22-11-8-16-30(22)26(33)19-9-4-2-5-10-19/h2,4-5,9-10,13-14,17,22H,3,6-8,11-12,15-16H2,1H3,(H,27,32). The van der Waals surface area contributed by atoms with Crippen molar-refractivity contribution in [2.24, 2.45) is 0 Å². The molecule has 3 aromatic rings. The molecule has 3 heterocycles. The molecule has 1 saturated heterocycles. The molecule has 1 unspecified atom stereocenters. The molecule has 2 amide bonds. The lowest BCUT2D eigenvalue weighted by atomic mass is 10.1. The number of carbonyl (C=O) groups excluding carboxylic acids is 2. The number of aryl methyl sites for hydroxylation is 2. The Morgan fingerprint density at radius 2 is 1.82 bits per heavy atom. The van der Waals surface area contributed by atoms with Gasteiger partial charge >= 0.3 is 0 Å². The summed E-state index contributed by atoms with van der Waals surface area (Å²) in [5.41, 5.74) is 3.28. The minimum Gasteiger partial charge on any atom is -0.327 e. The van der Waals surface area contributed by atoms with Gasteiger partial charge < -0.3 is 14.8 Å². The van der Waals surface area contributed by atoms with Crippen LogP contribution in [0.2, 0.25) is 0 Å². The van der Waals surface area contributed by atoms with Crippen LogP contribution in [-0.2, 0) is 17.8 Å². The minimum atomic E-state index is -0.467. The van der Waals surface area contributed by atoms with Crippen LogP contribution in [0.25, 0.3) is 11.4 Å². The minimum absolute atomic E-state index is 0.0927. The number of hydrogen-bond donors (Lipinski definition) is 1. The fourth-order valence-electron chi connectivity index (χ4n) is 4.84. The zero-order chi connectivity index (χ0) is 22.8. The lowest BCUT2D eigenvalue weighted by molar-refractivity contribution is -0.119. The topological polar surface area (TPSA) is 80.1 Å². The molecule has 2 aliphatic heterocycles. The maximum absolute atomic E-state index is 13.3. The molecule has 0 aliphatic carbocycles. The molecule has 2 aromatic carbocycles. The Balaban J connectivity index is 1.37. The van der Waals surface area contributed by atoms with Gasteiger partial charge in [0.05, 0.1) is 0 Å². The van der Waals surface area contributed by atoms with E-state index in [9.17, 15) is 9.59 Å². The highest BCUT2D eigenvalue weighted by Gasteiger charge is 2.34. The number of nitrogens with one attached hydrogen (secondary N) is 1. The van der Waals surface area contributed by atoms with Crippen molar-refractivity contribution in [2.75, 3.05) is 11.9 Å². The van der Waals surface area contributed by atoms with Crippen LogP contribution in [0.15, 0.2) is 48.5 Å². The van der Waals surface area contributed by atoms with Crippen LogP contribution < -0.4 is 5.32 Å². The maximum Gasteiger partial charge on any atom is 0.254 e. The van der Waals surface area contributed by atoms with Gasteiger partial charge in [0.15, 0.2) is 5.82 Å². The highest BCUT2D eigenvalue weighted by molar-refractivity contribution is 6.02. The number of nitrogens with zero attached hydrogens (tertiary/aromatic N) is 4. The van der Waals surface area contributed by atoms with E-state index in [1.54, 1.807) is 17.0 Å². The van der Waals surface area contributed by atoms with Gasteiger partial charge in [-0.15, -0.1) is 10.2 Å². The van der Waals surface area contributed by atoms with Crippen molar-refractivity contribution < 1.29 is 9.59 Å². The Hall–Kier alpha value is -3.48. The molecule has 1 fully saturated rings. The van der Waals surface area contributed by atoms with Crippen LogP contribution in [0, 0.1) is 6.92 Å². The Kier molecular flexibility index (Phi) is 5.94. The van der Waals surface area contributed by atoms with E-state index >= 15 is 0 Å². The highest BCUT2D eigenvalue weighted by atomic mass is 16.2. The Bertz CT molecular complexity index is 1170. The second-order valence-electron chi connectivity index (χ2n) is 8.94. The molecule has 1 N–H and O–H groups in total. The average Bonchev–Trinajstić information content (AvgIpc) is 3.42. The van der Waals surface area contributed by atoms with Gasteiger partial charge in [-0.1, -0.05) is 36.8 Å². The van der Waals surface area contributed by atoms with Gasteiger partial charge in [-0.05, 0) is 56.4 Å². The smallest absolute Gasteiger partial charge is 0.254 e. The van der Waals surface area contributed by atoms with E-state index in [2.05, 4.69) is 20.1 Å². The second-order valence-corrected chi connectivity index (χ2v) is 8.94. The fraction of sp³-hybridized carbons (Fsp3) is 0.385. The van der Waals surface area contributed by atoms with E-state index in [0.717, 1.165) is 60.7 Å². The zero-order valence-corrected chi connectivity index (χ0v) is 19.0. The molecule has 0 radical (unpaired) electrons. The van der Waals surface area contributed by atoms with E-state index in [1.807, 2.05) is 43.3 Å². The number of aromatic nitrogens is 3. The van der Waals surface area contributed by atoms with Crippen molar-refractivity contribution in [1.82, 2.24) is 19.7 Å². The predicted molar refractivity (Wildman–Crippen MR) is 127 cm³/mol. The third-order valence-electron chi connectivity index (χ3n) is 6.70. The van der Waals surface area contributed by atoms with Gasteiger partial charge in [-0.3, -0.25) is 9.59 Å². The zero-order valence-electron chi connectivity index (χ0n) is 19.0. The maximum atomic E-state index is 13.3. The second kappa shape index (κ2) is 9.17. The lowest BCUT2D eigenvalue weighted by Crippen LogP contribution is -2.43. The highest BCUT2D eigenvalue weighted by Crippen LogP contribution is 2.28. The van der Waals surface area contributed by atoms with E-state index in [-0.39, 0.29) is 11.8 Å². The molecular weight excluding hydrogens is 414 g/mol. The first kappa shape index (κ1) is 21.4. The number of carbonyl (C=O) groups is 2. The summed E-state index contributed by atoms with van der Waals surface area (Å²) in [7, 11) is 0. The third kappa shape index (κ3) is 4.27. The molecule has 0 saturated carbocycles. The largest absolute Gasteiger partial charge is 0.327 e. The first-order valence-corrected chi connectivity index (χ1v) is 11.8. The van der Waals surface area contributed by atoms with Gasteiger partial charge in [0.25, 0.3) is 5.91 Å². The third-order valence-corrected chi connectivity index (χ3v) is 6.70. The van der Waals surface area contributed by atoms with Gasteiger partial charge in [-0.2, -0.15) is 0 Å². The summed E-state index contributed by atoms with van der Waals surface area (Å²) >= 11 is 0. The van der Waals surface area contributed by atoms with Gasteiger partial charge in [0, 0.05) is 36.3 Å². The van der Waals surface area contributed by atoms with E-state index < -0.39 is 6.04 Å². The first-order valence-electron chi connectivity index (χ1n) is 11.8. The molecule has 2 aliphatic rings. The van der Waals surface area contributed by atoms with Crippen molar-refractivity contribution in [3.05, 3.63) is 65.5 Å². The number of rotatable bonds is 4. The molecule has 170 valence electrons. The normalized spacial score (nSPS) is 18.0. The molecule has 1 aromatic heterocycles. The molecular formula is C26H29N5O2. The molecule has 5 rings (SSSR count). The SMILES string of the molecule is Cc1ccc(-c2nnc3n2CCCCC3)cc1NC(=O)C1CCCN1C(=O)c1ccccc1. The summed E-state index contributed by atoms with van der Waals surface area (Å²) in [6.07, 6.45) is 5.92. The van der Waals surface area contributed by atoms with Gasteiger partial charge in [0.1, 0.15) is 11.9 Å². The van der Waals surface area contributed by atoms with Crippen molar-refractivity contribution >= 4 is 17.5 Å². The number of likely N-dealkylation sites (tertiary alicyclic amines) is 1. The number of benzene rings is 2. The summed E-state index contributed by atoms with van der Waals surface area (Å²) in [5.74, 6) is 1.65. The summed E-state index contributed by atoms with van der Waals surface area (Å²) in [5, 5.41) is 12.0. The van der Waals surface area contributed by atoms with Crippen LogP contribution >= 0.6 is 0 Å². The van der Waals surface area contributed by atoms with Crippen LogP contribution in [0.4, 0.5) is 5.69 Å². The molecule has 0 spiro atoms. The summed E-state index contributed by atoms with van der Waals surface area (Å²) in [4.78, 5) is 27.9. The lowest BCUT2D eigenvalue weighted by Gasteiger charge is -2.24. The van der Waals surface area contributed by atoms with Crippen LogP contribution in [0.3, 0.4) is 0 Å². The molecule has 7 heteroatoms. The molecule has 1 atom stereocenters. The quantitative estimate of drug-likeness (QED) is 0.655. The predicted octanol–water partition coefficient (Wildman–Crippen LogP) is 4.22. The van der Waals surface area contributed by atoms with E-state index in [1.165, 1.54) is 6.42 Å². The average molecular weight is 444 g/mol. The molecule has 7 nitrogen and oxygen atoms in total. The Morgan fingerprint density at radius 3 is 2.67 bits per heavy atom. The number of anilines is 1. The van der Waals surface area contributed by atoms with Crippen LogP contribution in [-0.4, -0.2) is 44.1 Å². The van der Waals surface area contributed by atoms with Crippen molar-refractivity contribution in [1.29, 1.82) is 0 Å². The fourth-order valence-corrected chi connectivity index (χ4v) is 4.84. The Labute approximate surface area is 193 Å². The monoisotopic (exact) mass is 443 g/mol. The van der Waals surface area contributed by atoms with Crippen LogP contribution in [0.5, 0.6) is 0 Å². The summed E-state index contributed by atoms with van der Waals surface area (Å²) in [6, 6.07) is 14.7. The number of fused-ring (bicyclic) bond motifs is 1.